The van der Waals surface area contributed by atoms with Crippen molar-refractivity contribution < 1.29 is 13.6 Å². The van der Waals surface area contributed by atoms with Gasteiger partial charge in [0.15, 0.2) is 0 Å². The molecule has 1 nitrogen and oxygen atoms in total. The second-order valence-corrected chi connectivity index (χ2v) is 6.59. The summed E-state index contributed by atoms with van der Waals surface area (Å²) in [5.41, 5.74) is -0.375. The van der Waals surface area contributed by atoms with Crippen LogP contribution in [0.5, 0.6) is 0 Å². The number of rotatable bonds is 1. The molecule has 1 atom stereocenters. The van der Waals surface area contributed by atoms with Crippen molar-refractivity contribution in [2.24, 2.45) is 16.7 Å². The molecule has 2 aliphatic carbocycles. The van der Waals surface area contributed by atoms with Crippen LogP contribution in [0.2, 0.25) is 0 Å². The zero-order valence-corrected chi connectivity index (χ0v) is 10.3. The number of hydrogen-bond donors (Lipinski definition) is 0. The zero-order valence-electron chi connectivity index (χ0n) is 10.3. The first-order valence-electron chi connectivity index (χ1n) is 6.09. The topological polar surface area (TPSA) is 17.1 Å². The van der Waals surface area contributed by atoms with Crippen molar-refractivity contribution in [2.75, 3.05) is 0 Å². The van der Waals surface area contributed by atoms with Gasteiger partial charge in [-0.3, -0.25) is 4.79 Å². The molecule has 0 aromatic rings. The minimum Gasteiger partial charge on any atom is -0.299 e. The van der Waals surface area contributed by atoms with Crippen LogP contribution >= 0.6 is 0 Å². The molecule has 0 radical (unpaired) electrons. The fourth-order valence-electron chi connectivity index (χ4n) is 2.91. The Hall–Kier alpha value is -0.470. The van der Waals surface area contributed by atoms with Gasteiger partial charge >= 0.3 is 0 Å². The average Bonchev–Trinajstić information content (AvgIpc) is 2.84. The number of carbonyl (C=O) groups excluding carboxylic acids is 1. The van der Waals surface area contributed by atoms with Gasteiger partial charge in [-0.25, -0.2) is 8.78 Å². The van der Waals surface area contributed by atoms with E-state index in [1.165, 1.54) is 0 Å². The lowest BCUT2D eigenvalue weighted by atomic mass is 9.78. The monoisotopic (exact) mass is 230 g/mol. The van der Waals surface area contributed by atoms with E-state index in [0.717, 1.165) is 6.42 Å². The zero-order chi connectivity index (χ0) is 12.2. The summed E-state index contributed by atoms with van der Waals surface area (Å²) in [5, 5.41) is 0. The normalized spacial score (nSPS) is 31.4. The van der Waals surface area contributed by atoms with E-state index in [1.807, 2.05) is 20.8 Å². The number of alkyl halides is 2. The van der Waals surface area contributed by atoms with Gasteiger partial charge in [-0.05, 0) is 24.7 Å². The van der Waals surface area contributed by atoms with E-state index < -0.39 is 5.92 Å². The highest BCUT2D eigenvalue weighted by molar-refractivity contribution is 5.89. The maximum Gasteiger partial charge on any atom is 0.248 e. The van der Waals surface area contributed by atoms with Gasteiger partial charge in [-0.2, -0.15) is 0 Å². The standard InChI is InChI=1S/C13H20F2O/c1-11(2,3)10(16)9-8-12(9)4-6-13(14,15)7-5-12/h9H,4-8H2,1-3H3. The molecule has 0 bridgehead atoms. The molecule has 0 aromatic carbocycles. The first kappa shape index (κ1) is 12.0. The van der Waals surface area contributed by atoms with E-state index in [4.69, 9.17) is 0 Å². The smallest absolute Gasteiger partial charge is 0.248 e. The summed E-state index contributed by atoms with van der Waals surface area (Å²) in [6.07, 6.45) is 1.86. The molecule has 0 N–H and O–H groups in total. The SMILES string of the molecule is CC(C)(C)C(=O)C1CC12CCC(F)(F)CC2. The highest BCUT2D eigenvalue weighted by atomic mass is 19.3. The largest absolute Gasteiger partial charge is 0.299 e. The third-order valence-electron chi connectivity index (χ3n) is 4.22. The van der Waals surface area contributed by atoms with Crippen molar-refractivity contribution in [1.29, 1.82) is 0 Å². The lowest BCUT2D eigenvalue weighted by molar-refractivity contribution is -0.129. The van der Waals surface area contributed by atoms with Gasteiger partial charge in [0.05, 0.1) is 0 Å². The van der Waals surface area contributed by atoms with E-state index >= 15 is 0 Å². The van der Waals surface area contributed by atoms with Gasteiger partial charge in [-0.15, -0.1) is 0 Å². The van der Waals surface area contributed by atoms with Gasteiger partial charge in [-0.1, -0.05) is 20.8 Å². The molecule has 1 unspecified atom stereocenters. The average molecular weight is 230 g/mol. The lowest BCUT2D eigenvalue weighted by Crippen LogP contribution is -2.30. The molecule has 2 aliphatic rings. The van der Waals surface area contributed by atoms with Crippen LogP contribution in [-0.4, -0.2) is 11.7 Å². The summed E-state index contributed by atoms with van der Waals surface area (Å²) in [7, 11) is 0. The van der Waals surface area contributed by atoms with E-state index in [9.17, 15) is 13.6 Å². The lowest BCUT2D eigenvalue weighted by Gasteiger charge is -2.30. The quantitative estimate of drug-likeness (QED) is 0.669. The molecule has 0 heterocycles. The van der Waals surface area contributed by atoms with Crippen LogP contribution < -0.4 is 0 Å². The van der Waals surface area contributed by atoms with E-state index in [-0.39, 0.29) is 35.4 Å². The molecule has 2 fully saturated rings. The van der Waals surface area contributed by atoms with Crippen molar-refractivity contribution in [3.63, 3.8) is 0 Å². The van der Waals surface area contributed by atoms with E-state index in [1.54, 1.807) is 0 Å². The number of ketones is 1. The molecule has 2 saturated carbocycles. The Bertz CT molecular complexity index is 304. The highest BCUT2D eigenvalue weighted by Gasteiger charge is 2.61. The Labute approximate surface area is 95.6 Å². The van der Waals surface area contributed by atoms with Crippen LogP contribution in [-0.2, 0) is 4.79 Å². The predicted molar refractivity (Wildman–Crippen MR) is 58.4 cm³/mol. The number of carbonyl (C=O) groups is 1. The first-order valence-corrected chi connectivity index (χ1v) is 6.09. The van der Waals surface area contributed by atoms with Crippen LogP contribution in [0.3, 0.4) is 0 Å². The second kappa shape index (κ2) is 3.27. The van der Waals surface area contributed by atoms with Crippen molar-refractivity contribution in [3.05, 3.63) is 0 Å². The third kappa shape index (κ3) is 2.01. The Morgan fingerprint density at radius 3 is 2.06 bits per heavy atom. The van der Waals surface area contributed by atoms with Crippen LogP contribution in [0, 0.1) is 16.7 Å². The molecule has 1 spiro atoms. The first-order chi connectivity index (χ1) is 7.16. The van der Waals surface area contributed by atoms with Gasteiger partial charge in [0.25, 0.3) is 0 Å². The molecule has 3 heteroatoms. The number of hydrogen-bond acceptors (Lipinski definition) is 1. The third-order valence-corrected chi connectivity index (χ3v) is 4.22. The Morgan fingerprint density at radius 1 is 1.12 bits per heavy atom. The Morgan fingerprint density at radius 2 is 1.62 bits per heavy atom. The molecule has 2 rings (SSSR count). The Balaban J connectivity index is 1.99. The summed E-state index contributed by atoms with van der Waals surface area (Å²) < 4.78 is 26.1. The molecule has 92 valence electrons. The summed E-state index contributed by atoms with van der Waals surface area (Å²) >= 11 is 0. The van der Waals surface area contributed by atoms with E-state index in [2.05, 4.69) is 0 Å². The van der Waals surface area contributed by atoms with Gasteiger partial charge in [0, 0.05) is 24.2 Å². The molecular formula is C13H20F2O. The summed E-state index contributed by atoms with van der Waals surface area (Å²) in [4.78, 5) is 12.1. The maximum atomic E-state index is 13.1. The van der Waals surface area contributed by atoms with Crippen LogP contribution in [0.4, 0.5) is 8.78 Å². The summed E-state index contributed by atoms with van der Waals surface area (Å²) in [6.45, 7) is 5.75. The number of Topliss-reactive ketones (excluding diaryl/α,β-unsaturated/α-hetero) is 1. The fourth-order valence-corrected chi connectivity index (χ4v) is 2.91. The van der Waals surface area contributed by atoms with Crippen molar-refractivity contribution in [2.45, 2.75) is 58.8 Å². The minimum absolute atomic E-state index is 0.0269. The molecule has 0 aliphatic heterocycles. The number of halogens is 2. The molecular weight excluding hydrogens is 210 g/mol. The summed E-state index contributed by atoms with van der Waals surface area (Å²) in [6, 6.07) is 0. The van der Waals surface area contributed by atoms with Crippen molar-refractivity contribution in [3.8, 4) is 0 Å². The maximum absolute atomic E-state index is 13.1. The highest BCUT2D eigenvalue weighted by Crippen LogP contribution is 2.64. The second-order valence-electron chi connectivity index (χ2n) is 6.59. The van der Waals surface area contributed by atoms with Gasteiger partial charge in [0.2, 0.25) is 5.92 Å². The van der Waals surface area contributed by atoms with Gasteiger partial charge < -0.3 is 0 Å². The fraction of sp³-hybridized carbons (Fsp3) is 0.923. The van der Waals surface area contributed by atoms with Crippen molar-refractivity contribution in [1.82, 2.24) is 0 Å². The molecule has 16 heavy (non-hydrogen) atoms. The summed E-state index contributed by atoms with van der Waals surface area (Å²) in [5.74, 6) is -2.16. The van der Waals surface area contributed by atoms with Crippen LogP contribution in [0.25, 0.3) is 0 Å². The van der Waals surface area contributed by atoms with Gasteiger partial charge in [0.1, 0.15) is 5.78 Å². The Kier molecular flexibility index (Phi) is 2.45. The minimum atomic E-state index is -2.48. The van der Waals surface area contributed by atoms with E-state index in [0.29, 0.717) is 12.8 Å². The predicted octanol–water partition coefficient (Wildman–Crippen LogP) is 3.82. The molecule has 0 saturated heterocycles. The van der Waals surface area contributed by atoms with Crippen molar-refractivity contribution >= 4 is 5.78 Å². The van der Waals surface area contributed by atoms with Crippen LogP contribution in [0.15, 0.2) is 0 Å². The molecule has 0 amide bonds. The molecule has 0 aromatic heterocycles. The van der Waals surface area contributed by atoms with Crippen LogP contribution in [0.1, 0.15) is 52.9 Å².